The van der Waals surface area contributed by atoms with Crippen LogP contribution in [0, 0.1) is 0 Å². The SMILES string of the molecule is COc1ccc(C=C2C(=O)N(C)c3ccccc32)cc1O. The molecule has 1 aliphatic heterocycles. The first-order chi connectivity index (χ1) is 10.1. The van der Waals surface area contributed by atoms with Crippen LogP contribution in [0.5, 0.6) is 11.5 Å². The van der Waals surface area contributed by atoms with Gasteiger partial charge in [0.2, 0.25) is 0 Å². The number of anilines is 1. The molecule has 2 aromatic carbocycles. The van der Waals surface area contributed by atoms with Crippen LogP contribution in [-0.4, -0.2) is 25.2 Å². The third-order valence-electron chi connectivity index (χ3n) is 3.60. The van der Waals surface area contributed by atoms with Crippen molar-refractivity contribution in [2.24, 2.45) is 0 Å². The molecule has 1 heterocycles. The van der Waals surface area contributed by atoms with Gasteiger partial charge in [0.15, 0.2) is 11.5 Å². The Labute approximate surface area is 122 Å². The maximum absolute atomic E-state index is 12.3. The van der Waals surface area contributed by atoms with Crippen LogP contribution >= 0.6 is 0 Å². The highest BCUT2D eigenvalue weighted by molar-refractivity contribution is 6.35. The Morgan fingerprint density at radius 1 is 1.19 bits per heavy atom. The molecule has 0 unspecified atom stereocenters. The van der Waals surface area contributed by atoms with Gasteiger partial charge in [0.05, 0.1) is 12.8 Å². The van der Waals surface area contributed by atoms with E-state index in [-0.39, 0.29) is 11.7 Å². The van der Waals surface area contributed by atoms with Crippen molar-refractivity contribution in [3.8, 4) is 11.5 Å². The summed E-state index contributed by atoms with van der Waals surface area (Å²) in [6, 6.07) is 12.7. The van der Waals surface area contributed by atoms with Crippen LogP contribution in [-0.2, 0) is 4.79 Å². The highest BCUT2D eigenvalue weighted by Crippen LogP contribution is 2.37. The molecule has 0 atom stereocenters. The number of phenolic OH excluding ortho intramolecular Hbond substituents is 1. The molecule has 0 aromatic heterocycles. The van der Waals surface area contributed by atoms with E-state index in [9.17, 15) is 9.90 Å². The lowest BCUT2D eigenvalue weighted by Crippen LogP contribution is -2.20. The van der Waals surface area contributed by atoms with Gasteiger partial charge in [0, 0.05) is 18.2 Å². The zero-order chi connectivity index (χ0) is 15.0. The monoisotopic (exact) mass is 281 g/mol. The van der Waals surface area contributed by atoms with Crippen LogP contribution in [0.3, 0.4) is 0 Å². The number of phenols is 1. The first-order valence-electron chi connectivity index (χ1n) is 6.58. The Morgan fingerprint density at radius 2 is 1.95 bits per heavy atom. The largest absolute Gasteiger partial charge is 0.504 e. The summed E-state index contributed by atoms with van der Waals surface area (Å²) in [7, 11) is 3.26. The standard InChI is InChI=1S/C17H15NO3/c1-18-14-6-4-3-5-12(14)13(17(18)20)9-11-7-8-16(21-2)15(19)10-11/h3-10,19H,1-2H3. The summed E-state index contributed by atoms with van der Waals surface area (Å²) in [6.07, 6.45) is 1.78. The summed E-state index contributed by atoms with van der Waals surface area (Å²) in [6.45, 7) is 0. The fourth-order valence-electron chi connectivity index (χ4n) is 2.50. The summed E-state index contributed by atoms with van der Waals surface area (Å²) in [5.74, 6) is 0.415. The van der Waals surface area contributed by atoms with E-state index in [0.717, 1.165) is 16.8 Å². The Bertz CT molecular complexity index is 749. The van der Waals surface area contributed by atoms with Crippen LogP contribution in [0.4, 0.5) is 5.69 Å². The number of amides is 1. The number of hydrogen-bond acceptors (Lipinski definition) is 3. The van der Waals surface area contributed by atoms with Crippen molar-refractivity contribution in [2.75, 3.05) is 19.1 Å². The van der Waals surface area contributed by atoms with E-state index < -0.39 is 0 Å². The number of hydrogen-bond donors (Lipinski definition) is 1. The fourth-order valence-corrected chi connectivity index (χ4v) is 2.50. The van der Waals surface area contributed by atoms with Gasteiger partial charge in [-0.3, -0.25) is 4.79 Å². The number of fused-ring (bicyclic) bond motifs is 1. The minimum Gasteiger partial charge on any atom is -0.504 e. The smallest absolute Gasteiger partial charge is 0.258 e. The van der Waals surface area contributed by atoms with Gasteiger partial charge in [-0.05, 0) is 29.8 Å². The minimum absolute atomic E-state index is 0.0495. The summed E-state index contributed by atoms with van der Waals surface area (Å²) >= 11 is 0. The number of ether oxygens (including phenoxy) is 1. The molecule has 0 aliphatic carbocycles. The molecule has 0 bridgehead atoms. The van der Waals surface area contributed by atoms with Gasteiger partial charge >= 0.3 is 0 Å². The quantitative estimate of drug-likeness (QED) is 0.861. The predicted molar refractivity (Wildman–Crippen MR) is 82.4 cm³/mol. The second kappa shape index (κ2) is 4.98. The average molecular weight is 281 g/mol. The van der Waals surface area contributed by atoms with Crippen molar-refractivity contribution in [2.45, 2.75) is 0 Å². The van der Waals surface area contributed by atoms with Gasteiger partial charge in [-0.15, -0.1) is 0 Å². The lowest BCUT2D eigenvalue weighted by atomic mass is 10.0. The number of carbonyl (C=O) groups is 1. The molecule has 1 amide bonds. The van der Waals surface area contributed by atoms with E-state index in [1.165, 1.54) is 7.11 Å². The molecule has 0 fully saturated rings. The Hall–Kier alpha value is -2.75. The molecule has 4 heteroatoms. The van der Waals surface area contributed by atoms with Gasteiger partial charge in [-0.1, -0.05) is 24.3 Å². The maximum atomic E-state index is 12.3. The highest BCUT2D eigenvalue weighted by Gasteiger charge is 2.28. The lowest BCUT2D eigenvalue weighted by Gasteiger charge is -2.08. The molecule has 2 aromatic rings. The zero-order valence-electron chi connectivity index (χ0n) is 11.8. The Kier molecular flexibility index (Phi) is 3.14. The third-order valence-corrected chi connectivity index (χ3v) is 3.60. The van der Waals surface area contributed by atoms with Crippen molar-refractivity contribution >= 4 is 23.2 Å². The lowest BCUT2D eigenvalue weighted by molar-refractivity contribution is -0.112. The first-order valence-corrected chi connectivity index (χ1v) is 6.58. The van der Waals surface area contributed by atoms with E-state index in [0.29, 0.717) is 11.3 Å². The summed E-state index contributed by atoms with van der Waals surface area (Å²) in [5.41, 5.74) is 3.17. The highest BCUT2D eigenvalue weighted by atomic mass is 16.5. The first kappa shape index (κ1) is 13.2. The van der Waals surface area contributed by atoms with Crippen molar-refractivity contribution in [3.63, 3.8) is 0 Å². The van der Waals surface area contributed by atoms with E-state index in [1.807, 2.05) is 24.3 Å². The number of likely N-dealkylation sites (N-methyl/N-ethyl adjacent to an activating group) is 1. The van der Waals surface area contributed by atoms with Gasteiger partial charge < -0.3 is 14.7 Å². The maximum Gasteiger partial charge on any atom is 0.258 e. The second-order valence-corrected chi connectivity index (χ2v) is 4.87. The molecule has 0 saturated carbocycles. The Morgan fingerprint density at radius 3 is 2.67 bits per heavy atom. The van der Waals surface area contributed by atoms with Crippen LogP contribution < -0.4 is 9.64 Å². The molecule has 106 valence electrons. The molecular weight excluding hydrogens is 266 g/mol. The van der Waals surface area contributed by atoms with Crippen molar-refractivity contribution < 1.29 is 14.6 Å². The van der Waals surface area contributed by atoms with Crippen LogP contribution in [0.2, 0.25) is 0 Å². The van der Waals surface area contributed by atoms with E-state index in [2.05, 4.69) is 0 Å². The van der Waals surface area contributed by atoms with Crippen LogP contribution in [0.25, 0.3) is 11.6 Å². The summed E-state index contributed by atoms with van der Waals surface area (Å²) in [4.78, 5) is 14.0. The number of carbonyl (C=O) groups excluding carboxylic acids is 1. The molecule has 1 aliphatic rings. The molecule has 0 spiro atoms. The van der Waals surface area contributed by atoms with Gasteiger partial charge in [0.25, 0.3) is 5.91 Å². The Balaban J connectivity index is 2.08. The fraction of sp³-hybridized carbons (Fsp3) is 0.118. The molecule has 1 N–H and O–H groups in total. The zero-order valence-corrected chi connectivity index (χ0v) is 11.8. The second-order valence-electron chi connectivity index (χ2n) is 4.87. The summed E-state index contributed by atoms with van der Waals surface area (Å²) in [5, 5.41) is 9.83. The molecule has 3 rings (SSSR count). The topological polar surface area (TPSA) is 49.8 Å². The number of rotatable bonds is 2. The van der Waals surface area contributed by atoms with Crippen molar-refractivity contribution in [1.29, 1.82) is 0 Å². The summed E-state index contributed by atoms with van der Waals surface area (Å²) < 4.78 is 5.02. The van der Waals surface area contributed by atoms with E-state index >= 15 is 0 Å². The van der Waals surface area contributed by atoms with Crippen LogP contribution in [0.15, 0.2) is 42.5 Å². The van der Waals surface area contributed by atoms with Crippen LogP contribution in [0.1, 0.15) is 11.1 Å². The average Bonchev–Trinajstić information content (AvgIpc) is 2.73. The number of nitrogens with zero attached hydrogens (tertiary/aromatic N) is 1. The van der Waals surface area contributed by atoms with E-state index in [1.54, 1.807) is 36.2 Å². The number of methoxy groups -OCH3 is 1. The minimum atomic E-state index is -0.0495. The predicted octanol–water partition coefficient (Wildman–Crippen LogP) is 2.92. The van der Waals surface area contributed by atoms with Crippen molar-refractivity contribution in [1.82, 2.24) is 0 Å². The van der Waals surface area contributed by atoms with Gasteiger partial charge in [-0.25, -0.2) is 0 Å². The molecule has 0 saturated heterocycles. The molecule has 21 heavy (non-hydrogen) atoms. The molecular formula is C17H15NO3. The van der Waals surface area contributed by atoms with Crippen molar-refractivity contribution in [3.05, 3.63) is 53.6 Å². The van der Waals surface area contributed by atoms with Gasteiger partial charge in [-0.2, -0.15) is 0 Å². The number of aromatic hydroxyl groups is 1. The normalized spacial score (nSPS) is 15.4. The number of para-hydroxylation sites is 1. The van der Waals surface area contributed by atoms with E-state index in [4.69, 9.17) is 4.74 Å². The molecule has 4 nitrogen and oxygen atoms in total. The van der Waals surface area contributed by atoms with Gasteiger partial charge in [0.1, 0.15) is 0 Å². The third kappa shape index (κ3) is 2.14. The molecule has 0 radical (unpaired) electrons. The number of benzene rings is 2.